The number of hydrogen-bond acceptors (Lipinski definition) is 6. The van der Waals surface area contributed by atoms with Gasteiger partial charge < -0.3 is 14.5 Å². The van der Waals surface area contributed by atoms with Gasteiger partial charge in [-0.3, -0.25) is 9.59 Å². The van der Waals surface area contributed by atoms with Crippen molar-refractivity contribution in [3.05, 3.63) is 42.5 Å². The van der Waals surface area contributed by atoms with E-state index in [2.05, 4.69) is 5.32 Å². The second-order valence-electron chi connectivity index (χ2n) is 6.99. The third-order valence-electron chi connectivity index (χ3n) is 4.81. The Morgan fingerprint density at radius 1 is 1.11 bits per heavy atom. The van der Waals surface area contributed by atoms with Crippen molar-refractivity contribution in [3.63, 3.8) is 0 Å². The van der Waals surface area contributed by atoms with E-state index >= 15 is 0 Å². The number of hydrogen-bond donors (Lipinski definition) is 1. The molecular formula is C20H19NO6S. The summed E-state index contributed by atoms with van der Waals surface area (Å²) in [7, 11) is -3.04. The summed E-state index contributed by atoms with van der Waals surface area (Å²) in [6.45, 7) is -0.414. The van der Waals surface area contributed by atoms with Gasteiger partial charge in [-0.05, 0) is 36.6 Å². The minimum atomic E-state index is -3.04. The molecule has 0 spiro atoms. The number of carbonyl (C=O) groups excluding carboxylic acids is 2. The molecule has 0 bridgehead atoms. The molecule has 1 aliphatic heterocycles. The molecule has 28 heavy (non-hydrogen) atoms. The predicted molar refractivity (Wildman–Crippen MR) is 105 cm³/mol. The number of nitrogens with one attached hydrogen (secondary N) is 1. The van der Waals surface area contributed by atoms with Crippen molar-refractivity contribution in [1.82, 2.24) is 0 Å². The van der Waals surface area contributed by atoms with Crippen LogP contribution in [0.5, 0.6) is 0 Å². The summed E-state index contributed by atoms with van der Waals surface area (Å²) < 4.78 is 33.6. The number of amides is 1. The average molecular weight is 401 g/mol. The van der Waals surface area contributed by atoms with Gasteiger partial charge in [-0.15, -0.1) is 0 Å². The molecule has 2 aromatic carbocycles. The zero-order valence-corrected chi connectivity index (χ0v) is 15.8. The Morgan fingerprint density at radius 3 is 2.68 bits per heavy atom. The first-order valence-corrected chi connectivity index (χ1v) is 10.8. The largest absolute Gasteiger partial charge is 0.456 e. The first-order valence-electron chi connectivity index (χ1n) is 8.97. The molecule has 8 heteroatoms. The maximum absolute atomic E-state index is 12.1. The first kappa shape index (κ1) is 18.5. The van der Waals surface area contributed by atoms with Gasteiger partial charge in [0, 0.05) is 22.9 Å². The third kappa shape index (κ3) is 4.01. The molecule has 1 amide bonds. The van der Waals surface area contributed by atoms with Gasteiger partial charge in [-0.1, -0.05) is 18.2 Å². The minimum absolute atomic E-state index is 0.00691. The van der Waals surface area contributed by atoms with E-state index in [0.717, 1.165) is 21.9 Å². The Bertz CT molecular complexity index is 1160. The highest BCUT2D eigenvalue weighted by molar-refractivity contribution is 7.91. The smallest absolute Gasteiger partial charge is 0.306 e. The standard InChI is InChI=1S/C20H19NO6S/c22-19(11-26-20(23)9-13-7-8-28(24,25)12-13)21-14-5-6-18-16(10-14)15-3-1-2-4-17(15)27-18/h1-6,10,13H,7-9,11-12H2,(H,21,22)/t13-/m1/s1. The lowest BCUT2D eigenvalue weighted by Crippen LogP contribution is -2.22. The molecule has 0 unspecified atom stereocenters. The highest BCUT2D eigenvalue weighted by Gasteiger charge is 2.30. The molecule has 1 aromatic heterocycles. The predicted octanol–water partition coefficient (Wildman–Crippen LogP) is 2.89. The third-order valence-corrected chi connectivity index (χ3v) is 6.64. The molecule has 146 valence electrons. The number of para-hydroxylation sites is 1. The number of carbonyl (C=O) groups is 2. The van der Waals surface area contributed by atoms with Crippen LogP contribution in [0.4, 0.5) is 5.69 Å². The molecule has 1 fully saturated rings. The lowest BCUT2D eigenvalue weighted by atomic mass is 10.1. The lowest BCUT2D eigenvalue weighted by Gasteiger charge is -2.09. The van der Waals surface area contributed by atoms with Crippen LogP contribution in [0.15, 0.2) is 46.9 Å². The summed E-state index contributed by atoms with van der Waals surface area (Å²) in [6, 6.07) is 12.9. The first-order chi connectivity index (χ1) is 13.4. The number of ether oxygens (including phenoxy) is 1. The van der Waals surface area contributed by atoms with Crippen LogP contribution in [0.1, 0.15) is 12.8 Å². The molecule has 3 aromatic rings. The summed E-state index contributed by atoms with van der Waals surface area (Å²) in [5, 5.41) is 4.53. The van der Waals surface area contributed by atoms with Crippen LogP contribution in [0.2, 0.25) is 0 Å². The molecule has 0 aliphatic carbocycles. The number of fused-ring (bicyclic) bond motifs is 3. The molecule has 0 saturated carbocycles. The van der Waals surface area contributed by atoms with Crippen molar-refractivity contribution in [2.24, 2.45) is 5.92 Å². The molecule has 1 saturated heterocycles. The number of esters is 1. The van der Waals surface area contributed by atoms with Crippen LogP contribution in [-0.4, -0.2) is 38.4 Å². The van der Waals surface area contributed by atoms with Crippen LogP contribution in [0.3, 0.4) is 0 Å². The zero-order chi connectivity index (χ0) is 19.7. The Hall–Kier alpha value is -2.87. The molecule has 0 radical (unpaired) electrons. The summed E-state index contributed by atoms with van der Waals surface area (Å²) in [5.74, 6) is -1.13. The lowest BCUT2D eigenvalue weighted by molar-refractivity contribution is -0.148. The van der Waals surface area contributed by atoms with E-state index in [-0.39, 0.29) is 23.8 Å². The summed E-state index contributed by atoms with van der Waals surface area (Å²) in [4.78, 5) is 23.9. The normalized spacial score (nSPS) is 18.4. The number of rotatable bonds is 5. The number of furan rings is 1. The highest BCUT2D eigenvalue weighted by atomic mass is 32.2. The highest BCUT2D eigenvalue weighted by Crippen LogP contribution is 2.30. The maximum Gasteiger partial charge on any atom is 0.306 e. The monoisotopic (exact) mass is 401 g/mol. The second-order valence-corrected chi connectivity index (χ2v) is 9.22. The maximum atomic E-state index is 12.1. The SMILES string of the molecule is O=C(COC(=O)C[C@H]1CCS(=O)(=O)C1)Nc1ccc2oc3ccccc3c2c1. The van der Waals surface area contributed by atoms with Gasteiger partial charge in [0.15, 0.2) is 16.4 Å². The van der Waals surface area contributed by atoms with E-state index in [4.69, 9.17) is 9.15 Å². The van der Waals surface area contributed by atoms with Crippen LogP contribution in [0, 0.1) is 5.92 Å². The summed E-state index contributed by atoms with van der Waals surface area (Å²) >= 11 is 0. The van der Waals surface area contributed by atoms with Gasteiger partial charge >= 0.3 is 5.97 Å². The molecular weight excluding hydrogens is 382 g/mol. The quantitative estimate of drug-likeness (QED) is 0.660. The molecule has 7 nitrogen and oxygen atoms in total. The van der Waals surface area contributed by atoms with Crippen LogP contribution in [-0.2, 0) is 24.2 Å². The van der Waals surface area contributed by atoms with E-state index in [1.54, 1.807) is 12.1 Å². The Morgan fingerprint density at radius 2 is 1.89 bits per heavy atom. The molecule has 1 aliphatic rings. The van der Waals surface area contributed by atoms with Crippen molar-refractivity contribution < 1.29 is 27.2 Å². The topological polar surface area (TPSA) is 103 Å². The molecule has 2 heterocycles. The van der Waals surface area contributed by atoms with Gasteiger partial charge in [-0.25, -0.2) is 8.42 Å². The van der Waals surface area contributed by atoms with Crippen molar-refractivity contribution >= 4 is 49.3 Å². The van der Waals surface area contributed by atoms with Crippen LogP contribution >= 0.6 is 0 Å². The van der Waals surface area contributed by atoms with E-state index in [1.807, 2.05) is 30.3 Å². The van der Waals surface area contributed by atoms with Gasteiger partial charge in [0.2, 0.25) is 0 Å². The average Bonchev–Trinajstić information content (AvgIpc) is 3.19. The van der Waals surface area contributed by atoms with Gasteiger partial charge in [0.25, 0.3) is 5.91 Å². The number of benzene rings is 2. The van der Waals surface area contributed by atoms with Crippen LogP contribution < -0.4 is 5.32 Å². The van der Waals surface area contributed by atoms with Crippen molar-refractivity contribution in [3.8, 4) is 0 Å². The van der Waals surface area contributed by atoms with E-state index in [0.29, 0.717) is 12.1 Å². The van der Waals surface area contributed by atoms with Gasteiger partial charge in [0.1, 0.15) is 11.2 Å². The van der Waals surface area contributed by atoms with E-state index < -0.39 is 28.3 Å². The fourth-order valence-electron chi connectivity index (χ4n) is 3.47. The Kier molecular flexibility index (Phi) is 4.80. The molecule has 1 N–H and O–H groups in total. The summed E-state index contributed by atoms with van der Waals surface area (Å²) in [6.07, 6.45) is 0.474. The number of sulfone groups is 1. The minimum Gasteiger partial charge on any atom is -0.456 e. The Balaban J connectivity index is 1.34. The fraction of sp³-hybridized carbons (Fsp3) is 0.300. The zero-order valence-electron chi connectivity index (χ0n) is 15.0. The Labute approximate surface area is 161 Å². The van der Waals surface area contributed by atoms with Crippen molar-refractivity contribution in [2.45, 2.75) is 12.8 Å². The molecule has 4 rings (SSSR count). The fourth-order valence-corrected chi connectivity index (χ4v) is 5.34. The van der Waals surface area contributed by atoms with E-state index in [1.165, 1.54) is 0 Å². The molecule has 1 atom stereocenters. The second kappa shape index (κ2) is 7.27. The van der Waals surface area contributed by atoms with Gasteiger partial charge in [0.05, 0.1) is 11.5 Å². The van der Waals surface area contributed by atoms with Crippen molar-refractivity contribution in [1.29, 1.82) is 0 Å². The van der Waals surface area contributed by atoms with Crippen LogP contribution in [0.25, 0.3) is 21.9 Å². The van der Waals surface area contributed by atoms with E-state index in [9.17, 15) is 18.0 Å². The summed E-state index contributed by atoms with van der Waals surface area (Å²) in [5.41, 5.74) is 2.06. The van der Waals surface area contributed by atoms with Gasteiger partial charge in [-0.2, -0.15) is 0 Å². The van der Waals surface area contributed by atoms with Crippen molar-refractivity contribution in [2.75, 3.05) is 23.4 Å². The number of anilines is 1.